The largest absolute Gasteiger partial charge is 2.00 e. The molecule has 0 aromatic rings. The minimum atomic E-state index is -2.17. The van der Waals surface area contributed by atoms with Gasteiger partial charge < -0.3 is 63.1 Å². The fraction of sp³-hybridized carbons (Fsp3) is 0. The molecule has 12 nitrogen and oxygen atoms in total. The van der Waals surface area contributed by atoms with Gasteiger partial charge in [-0.2, -0.15) is 0 Å². The molecule has 0 aliphatic rings. The summed E-state index contributed by atoms with van der Waals surface area (Å²) in [6, 6.07) is 0. The van der Waals surface area contributed by atoms with Crippen LogP contribution >= 0.6 is 0 Å². The molecule has 17 heteroatoms. The summed E-state index contributed by atoms with van der Waals surface area (Å²) >= 11 is 0. The second-order valence-electron chi connectivity index (χ2n) is 1.39. The summed E-state index contributed by atoms with van der Waals surface area (Å²) in [4.78, 5) is 0. The third kappa shape index (κ3) is 1170000. The molecule has 0 aliphatic heterocycles. The van der Waals surface area contributed by atoms with Gasteiger partial charge in [-0.15, -0.1) is 0 Å². The first-order valence-electron chi connectivity index (χ1n) is 3.10. The molecule has 0 aliphatic carbocycles. The van der Waals surface area contributed by atoms with Crippen molar-refractivity contribution in [3.05, 3.63) is 0 Å². The summed E-state index contributed by atoms with van der Waals surface area (Å²) in [6.45, 7) is 0. The summed E-state index contributed by atoms with van der Waals surface area (Å²) in [6.07, 6.45) is 0. The van der Waals surface area contributed by atoms with Gasteiger partial charge in [-0.3, -0.25) is 0 Å². The van der Waals surface area contributed by atoms with Crippen LogP contribution < -0.4 is 0 Å². The molecular weight excluding hydrogens is 244 g/mol. The predicted molar refractivity (Wildman–Crippen MR) is 57.6 cm³/mol. The van der Waals surface area contributed by atoms with Gasteiger partial charge in [-0.1, -0.05) is 0 Å². The zero-order chi connectivity index (χ0) is 14.3. The molecule has 12 N–H and O–H groups in total. The van der Waals surface area contributed by atoms with Crippen LogP contribution in [-0.2, 0) is 0 Å². The minimum Gasteiger partial charge on any atom is -1.00 e. The van der Waals surface area contributed by atoms with Crippen molar-refractivity contribution in [1.82, 2.24) is 0 Å². The van der Waals surface area contributed by atoms with E-state index in [1.54, 1.807) is 0 Å². The third-order valence-corrected chi connectivity index (χ3v) is 0. The van der Waals surface area contributed by atoms with E-state index in [1.165, 1.54) is 0 Å². The summed E-state index contributed by atoms with van der Waals surface area (Å²) in [5.41, 5.74) is 0. The Balaban J connectivity index is -0.0000000192. The maximum absolute atomic E-state index is 7.17. The molecule has 0 amide bonds. The quantitative estimate of drug-likeness (QED) is 0.181. The Labute approximate surface area is 104 Å². The average molecular weight is 258 g/mol. The fourth-order valence-electron chi connectivity index (χ4n) is 0. The molecule has 0 atom stereocenters. The Hall–Kier alpha value is -0.0514. The molecule has 0 rings (SSSR count). The van der Waals surface area contributed by atoms with Gasteiger partial charge in [-0.05, 0) is 0 Å². The fourth-order valence-corrected chi connectivity index (χ4v) is 0. The topological polar surface area (TPSA) is 243 Å². The summed E-state index contributed by atoms with van der Waals surface area (Å²) < 4.78 is 0. The average Bonchev–Trinajstić information content (AvgIpc) is 1.76. The Kier molecular flexibility index (Phi) is 44.3. The van der Waals surface area contributed by atoms with E-state index in [1.807, 2.05) is 0 Å². The SMILES string of the molecule is OB(O)O.OB(O)O.OB(O)O.OB(O)O.[Be+2].[H-].[H-]. The first-order valence-corrected chi connectivity index (χ1v) is 3.10. The van der Waals surface area contributed by atoms with Crippen molar-refractivity contribution in [3.8, 4) is 0 Å². The van der Waals surface area contributed by atoms with Crippen molar-refractivity contribution in [2.75, 3.05) is 0 Å². The molecule has 0 saturated carbocycles. The molecule has 100 valence electrons. The van der Waals surface area contributed by atoms with Crippen molar-refractivity contribution in [1.29, 1.82) is 0 Å². The Morgan fingerprint density at radius 2 is 0.353 bits per heavy atom. The second kappa shape index (κ2) is 25.0. The van der Waals surface area contributed by atoms with Crippen LogP contribution in [0.2, 0.25) is 0 Å². The summed E-state index contributed by atoms with van der Waals surface area (Å²) in [7, 11) is -8.67. The maximum atomic E-state index is 7.17. The number of rotatable bonds is 0. The van der Waals surface area contributed by atoms with Crippen molar-refractivity contribution in [3.63, 3.8) is 0 Å². The Morgan fingerprint density at radius 1 is 0.353 bits per heavy atom. The van der Waals surface area contributed by atoms with Crippen molar-refractivity contribution < 1.29 is 63.1 Å². The van der Waals surface area contributed by atoms with Gasteiger partial charge in [0.1, 0.15) is 0 Å². The van der Waals surface area contributed by atoms with Crippen LogP contribution in [0.3, 0.4) is 0 Å². The third-order valence-electron chi connectivity index (χ3n) is 0. The zero-order valence-electron chi connectivity index (χ0n) is 10.4. The zero-order valence-corrected chi connectivity index (χ0v) is 8.38. The first kappa shape index (κ1) is 30.2. The van der Waals surface area contributed by atoms with E-state index in [0.29, 0.717) is 0 Å². The number of hydrogen-bond acceptors (Lipinski definition) is 12. The molecule has 0 radical (unpaired) electrons. The van der Waals surface area contributed by atoms with Crippen LogP contribution in [-0.4, -0.2) is 99.7 Å². The first-order chi connectivity index (χ1) is 6.93. The summed E-state index contributed by atoms with van der Waals surface area (Å²) in [5.74, 6) is 0. The van der Waals surface area contributed by atoms with Crippen molar-refractivity contribution in [2.24, 2.45) is 0 Å². The molecule has 0 aromatic carbocycles. The maximum Gasteiger partial charge on any atom is 2.00 e. The smallest absolute Gasteiger partial charge is 1.00 e. The molecule has 0 saturated heterocycles. The van der Waals surface area contributed by atoms with Crippen LogP contribution in [0.4, 0.5) is 0 Å². The predicted octanol–water partition coefficient (Wildman–Crippen LogP) is -8.36. The molecule has 0 unspecified atom stereocenters. The molecule has 0 aromatic heterocycles. The molecular formula is H14B4BeO12. The molecule has 0 heterocycles. The summed E-state index contributed by atoms with van der Waals surface area (Å²) in [5, 5.41) is 86.0. The van der Waals surface area contributed by atoms with Crippen LogP contribution in [0.1, 0.15) is 2.85 Å². The minimum absolute atomic E-state index is 0. The standard InChI is InChI=1S/4BH3O3.Be.2H/c4*2-1(3)4;;;/h4*2-4H;;;/q;;;;+2;2*-1. The van der Waals surface area contributed by atoms with E-state index in [-0.39, 0.29) is 13.0 Å². The molecule has 0 fully saturated rings. The van der Waals surface area contributed by atoms with Crippen LogP contribution in [0.15, 0.2) is 0 Å². The molecule has 0 bridgehead atoms. The van der Waals surface area contributed by atoms with Gasteiger partial charge in [0.15, 0.2) is 0 Å². The van der Waals surface area contributed by atoms with Gasteiger partial charge >= 0.3 is 39.4 Å². The van der Waals surface area contributed by atoms with Gasteiger partial charge in [0.25, 0.3) is 0 Å². The van der Waals surface area contributed by atoms with E-state index >= 15 is 0 Å². The van der Waals surface area contributed by atoms with E-state index < -0.39 is 29.3 Å². The van der Waals surface area contributed by atoms with Crippen molar-refractivity contribution >= 4 is 39.4 Å². The van der Waals surface area contributed by atoms with Gasteiger partial charge in [-0.25, -0.2) is 0 Å². The Bertz CT molecular complexity index is 70.7. The van der Waals surface area contributed by atoms with Crippen LogP contribution in [0, 0.1) is 0 Å². The van der Waals surface area contributed by atoms with E-state index in [0.717, 1.165) is 0 Å². The van der Waals surface area contributed by atoms with Gasteiger partial charge in [0, 0.05) is 0 Å². The van der Waals surface area contributed by atoms with E-state index in [9.17, 15) is 0 Å². The second-order valence-corrected chi connectivity index (χ2v) is 1.39. The monoisotopic (exact) mass is 259 g/mol. The van der Waals surface area contributed by atoms with Crippen molar-refractivity contribution in [2.45, 2.75) is 0 Å². The number of hydrogen-bond donors (Lipinski definition) is 12. The Morgan fingerprint density at radius 3 is 0.353 bits per heavy atom. The molecule has 0 spiro atoms. The van der Waals surface area contributed by atoms with Gasteiger partial charge in [0.2, 0.25) is 0 Å². The van der Waals surface area contributed by atoms with E-state index in [2.05, 4.69) is 0 Å². The molecule has 17 heavy (non-hydrogen) atoms. The van der Waals surface area contributed by atoms with Crippen LogP contribution in [0.5, 0.6) is 0 Å². The normalized spacial score (nSPS) is 6.35. The van der Waals surface area contributed by atoms with Gasteiger partial charge in [0.05, 0.1) is 0 Å². The van der Waals surface area contributed by atoms with Crippen LogP contribution in [0.25, 0.3) is 0 Å². The van der Waals surface area contributed by atoms with E-state index in [4.69, 9.17) is 60.3 Å².